The molecule has 0 aliphatic rings. The summed E-state index contributed by atoms with van der Waals surface area (Å²) in [7, 11) is 2.01. The van der Waals surface area contributed by atoms with Crippen LogP contribution in [0.4, 0.5) is 0 Å². The van der Waals surface area contributed by atoms with E-state index in [4.69, 9.17) is 0 Å². The first-order chi connectivity index (χ1) is 8.16. The zero-order valence-electron chi connectivity index (χ0n) is 10.0. The molecule has 90 valence electrons. The molecular weight excluding hydrogens is 278 g/mol. The van der Waals surface area contributed by atoms with Gasteiger partial charge in [0.2, 0.25) is 0 Å². The molecule has 2 aromatic rings. The molecule has 4 heteroatoms. The molecule has 1 atom stereocenters. The lowest BCUT2D eigenvalue weighted by atomic mass is 10.1. The van der Waals surface area contributed by atoms with Gasteiger partial charge >= 0.3 is 0 Å². The number of imidazole rings is 1. The summed E-state index contributed by atoms with van der Waals surface area (Å²) in [5.74, 6) is 1.05. The number of rotatable bonds is 4. The summed E-state index contributed by atoms with van der Waals surface area (Å²) in [5.41, 5.74) is 1.27. The molecule has 1 aromatic carbocycles. The molecule has 1 N–H and O–H groups in total. The van der Waals surface area contributed by atoms with E-state index in [1.54, 1.807) is 0 Å². The predicted octanol–water partition coefficient (Wildman–Crippen LogP) is 3.03. The van der Waals surface area contributed by atoms with Gasteiger partial charge in [-0.05, 0) is 24.6 Å². The van der Waals surface area contributed by atoms with Crippen molar-refractivity contribution in [2.24, 2.45) is 7.05 Å². The van der Waals surface area contributed by atoms with Gasteiger partial charge in [0.1, 0.15) is 5.82 Å². The van der Waals surface area contributed by atoms with Crippen molar-refractivity contribution in [2.75, 3.05) is 0 Å². The third-order valence-electron chi connectivity index (χ3n) is 2.84. The Kier molecular flexibility index (Phi) is 3.97. The van der Waals surface area contributed by atoms with Gasteiger partial charge < -0.3 is 9.88 Å². The SMILES string of the molecule is C[C@@H](NCc1nccn1C)c1cccc(Br)c1. The Balaban J connectivity index is 1.98. The summed E-state index contributed by atoms with van der Waals surface area (Å²) in [6, 6.07) is 8.66. The molecular formula is C13H16BrN3. The van der Waals surface area contributed by atoms with Gasteiger partial charge in [-0.3, -0.25) is 0 Å². The smallest absolute Gasteiger partial charge is 0.122 e. The lowest BCUT2D eigenvalue weighted by Crippen LogP contribution is -2.20. The van der Waals surface area contributed by atoms with Crippen molar-refractivity contribution in [1.82, 2.24) is 14.9 Å². The summed E-state index contributed by atoms with van der Waals surface area (Å²) in [4.78, 5) is 4.29. The highest BCUT2D eigenvalue weighted by atomic mass is 79.9. The van der Waals surface area contributed by atoms with Crippen molar-refractivity contribution in [3.8, 4) is 0 Å². The van der Waals surface area contributed by atoms with Crippen LogP contribution in [-0.4, -0.2) is 9.55 Å². The zero-order chi connectivity index (χ0) is 12.3. The number of nitrogens with one attached hydrogen (secondary N) is 1. The van der Waals surface area contributed by atoms with Crippen molar-refractivity contribution >= 4 is 15.9 Å². The molecule has 0 aliphatic heterocycles. The number of halogens is 1. The first kappa shape index (κ1) is 12.3. The maximum Gasteiger partial charge on any atom is 0.122 e. The second-order valence-electron chi connectivity index (χ2n) is 4.11. The molecule has 3 nitrogen and oxygen atoms in total. The van der Waals surface area contributed by atoms with Crippen LogP contribution in [0.25, 0.3) is 0 Å². The highest BCUT2D eigenvalue weighted by Crippen LogP contribution is 2.17. The lowest BCUT2D eigenvalue weighted by molar-refractivity contribution is 0.549. The number of hydrogen-bond donors (Lipinski definition) is 1. The van der Waals surface area contributed by atoms with Crippen LogP contribution in [0.2, 0.25) is 0 Å². The number of benzene rings is 1. The van der Waals surface area contributed by atoms with Crippen molar-refractivity contribution in [1.29, 1.82) is 0 Å². The third-order valence-corrected chi connectivity index (χ3v) is 3.33. The van der Waals surface area contributed by atoms with Crippen LogP contribution in [0.1, 0.15) is 24.4 Å². The first-order valence-electron chi connectivity index (χ1n) is 5.62. The fourth-order valence-electron chi connectivity index (χ4n) is 1.70. The van der Waals surface area contributed by atoms with E-state index in [1.165, 1.54) is 5.56 Å². The summed E-state index contributed by atoms with van der Waals surface area (Å²) >= 11 is 3.49. The monoisotopic (exact) mass is 293 g/mol. The average molecular weight is 294 g/mol. The summed E-state index contributed by atoms with van der Waals surface area (Å²) in [5, 5.41) is 3.47. The summed E-state index contributed by atoms with van der Waals surface area (Å²) in [6.45, 7) is 2.93. The lowest BCUT2D eigenvalue weighted by Gasteiger charge is -2.14. The number of aryl methyl sites for hydroxylation is 1. The molecule has 1 aromatic heterocycles. The minimum absolute atomic E-state index is 0.309. The van der Waals surface area contributed by atoms with Crippen molar-refractivity contribution < 1.29 is 0 Å². The van der Waals surface area contributed by atoms with Crippen LogP contribution in [0.3, 0.4) is 0 Å². The van der Waals surface area contributed by atoms with Crippen LogP contribution >= 0.6 is 15.9 Å². The number of hydrogen-bond acceptors (Lipinski definition) is 2. The molecule has 0 fully saturated rings. The Bertz CT molecular complexity index is 493. The third kappa shape index (κ3) is 3.17. The van der Waals surface area contributed by atoms with Crippen molar-refractivity contribution in [3.63, 3.8) is 0 Å². The van der Waals surface area contributed by atoms with Crippen LogP contribution in [-0.2, 0) is 13.6 Å². The molecule has 0 aliphatic carbocycles. The maximum atomic E-state index is 4.29. The highest BCUT2D eigenvalue weighted by Gasteiger charge is 2.06. The van der Waals surface area contributed by atoms with Gasteiger partial charge in [-0.1, -0.05) is 28.1 Å². The molecule has 0 saturated carbocycles. The predicted molar refractivity (Wildman–Crippen MR) is 72.6 cm³/mol. The second-order valence-corrected chi connectivity index (χ2v) is 5.03. The van der Waals surface area contributed by atoms with Crippen LogP contribution in [0.15, 0.2) is 41.1 Å². The molecule has 0 unspecified atom stereocenters. The van der Waals surface area contributed by atoms with E-state index in [2.05, 4.69) is 51.4 Å². The Morgan fingerprint density at radius 3 is 2.94 bits per heavy atom. The number of aromatic nitrogens is 2. The van der Waals surface area contributed by atoms with E-state index >= 15 is 0 Å². The Morgan fingerprint density at radius 2 is 2.29 bits per heavy atom. The Morgan fingerprint density at radius 1 is 1.47 bits per heavy atom. The Labute approximate surface area is 110 Å². The van der Waals surface area contributed by atoms with E-state index < -0.39 is 0 Å². The molecule has 2 rings (SSSR count). The van der Waals surface area contributed by atoms with Gasteiger partial charge in [0.05, 0.1) is 6.54 Å². The standard InChI is InChI=1S/C13H16BrN3/c1-10(11-4-3-5-12(14)8-11)16-9-13-15-6-7-17(13)2/h3-8,10,16H,9H2,1-2H3/t10-/m1/s1. The number of nitrogens with zero attached hydrogens (tertiary/aromatic N) is 2. The van der Waals surface area contributed by atoms with E-state index in [-0.39, 0.29) is 0 Å². The first-order valence-corrected chi connectivity index (χ1v) is 6.41. The quantitative estimate of drug-likeness (QED) is 0.939. The fourth-order valence-corrected chi connectivity index (χ4v) is 2.12. The van der Waals surface area contributed by atoms with E-state index in [9.17, 15) is 0 Å². The molecule has 17 heavy (non-hydrogen) atoms. The second kappa shape index (κ2) is 5.47. The van der Waals surface area contributed by atoms with Gasteiger partial charge in [0.25, 0.3) is 0 Å². The summed E-state index contributed by atoms with van der Waals surface area (Å²) in [6.07, 6.45) is 3.78. The van der Waals surface area contributed by atoms with Crippen LogP contribution < -0.4 is 5.32 Å². The van der Waals surface area contributed by atoms with Gasteiger partial charge in [0, 0.05) is 30.0 Å². The summed E-state index contributed by atoms with van der Waals surface area (Å²) < 4.78 is 3.14. The maximum absolute atomic E-state index is 4.29. The van der Waals surface area contributed by atoms with Crippen LogP contribution in [0.5, 0.6) is 0 Å². The largest absolute Gasteiger partial charge is 0.337 e. The van der Waals surface area contributed by atoms with Gasteiger partial charge in [-0.2, -0.15) is 0 Å². The fraction of sp³-hybridized carbons (Fsp3) is 0.308. The van der Waals surface area contributed by atoms with E-state index in [0.717, 1.165) is 16.8 Å². The zero-order valence-corrected chi connectivity index (χ0v) is 11.6. The minimum atomic E-state index is 0.309. The van der Waals surface area contributed by atoms with Crippen molar-refractivity contribution in [3.05, 3.63) is 52.5 Å². The van der Waals surface area contributed by atoms with E-state index in [1.807, 2.05) is 30.1 Å². The van der Waals surface area contributed by atoms with Gasteiger partial charge in [0.15, 0.2) is 0 Å². The normalized spacial score (nSPS) is 12.6. The molecule has 0 spiro atoms. The topological polar surface area (TPSA) is 29.9 Å². The molecule has 0 saturated heterocycles. The highest BCUT2D eigenvalue weighted by molar-refractivity contribution is 9.10. The molecule has 0 radical (unpaired) electrons. The average Bonchev–Trinajstić information content (AvgIpc) is 2.72. The molecule has 1 heterocycles. The van der Waals surface area contributed by atoms with Gasteiger partial charge in [-0.15, -0.1) is 0 Å². The minimum Gasteiger partial charge on any atom is -0.337 e. The molecule has 0 bridgehead atoms. The van der Waals surface area contributed by atoms with Gasteiger partial charge in [-0.25, -0.2) is 4.98 Å². The Hall–Kier alpha value is -1.13. The van der Waals surface area contributed by atoms with Crippen LogP contribution in [0, 0.1) is 0 Å². The van der Waals surface area contributed by atoms with E-state index in [0.29, 0.717) is 6.04 Å². The van der Waals surface area contributed by atoms with Crippen molar-refractivity contribution in [2.45, 2.75) is 19.5 Å². The molecule has 0 amide bonds.